The van der Waals surface area contributed by atoms with Crippen molar-refractivity contribution in [3.8, 4) is 17.2 Å². The van der Waals surface area contributed by atoms with E-state index in [1.807, 2.05) is 18.2 Å². The average Bonchev–Trinajstić information content (AvgIpc) is 2.88. The molecule has 0 saturated carbocycles. The minimum absolute atomic E-state index is 0. The van der Waals surface area contributed by atoms with E-state index in [2.05, 4.69) is 36.4 Å². The molecular formula is C30H35NaO6S. The van der Waals surface area contributed by atoms with Crippen LogP contribution in [0.15, 0.2) is 72.8 Å². The summed E-state index contributed by atoms with van der Waals surface area (Å²) in [4.78, 5) is 22.4. The number of benzene rings is 3. The van der Waals surface area contributed by atoms with Gasteiger partial charge in [0, 0.05) is 23.5 Å². The Labute approximate surface area is 252 Å². The third kappa shape index (κ3) is 11.1. The van der Waals surface area contributed by atoms with Gasteiger partial charge in [-0.1, -0.05) is 42.5 Å². The predicted molar refractivity (Wildman–Crippen MR) is 148 cm³/mol. The number of rotatable bonds is 16. The molecule has 1 unspecified atom stereocenters. The van der Waals surface area contributed by atoms with E-state index >= 15 is 0 Å². The number of carbonyl (C=O) groups excluding carboxylic acids is 1. The Kier molecular flexibility index (Phi) is 14.4. The van der Waals surface area contributed by atoms with Crippen LogP contribution in [0.1, 0.15) is 60.8 Å². The number of aromatic hydroxyl groups is 1. The van der Waals surface area contributed by atoms with Gasteiger partial charge in [0.1, 0.15) is 17.2 Å². The molecule has 1 atom stereocenters. The van der Waals surface area contributed by atoms with Crippen LogP contribution in [0.5, 0.6) is 17.2 Å². The molecule has 8 heteroatoms. The molecule has 0 aliphatic heterocycles. The van der Waals surface area contributed by atoms with Gasteiger partial charge < -0.3 is 21.1 Å². The van der Waals surface area contributed by atoms with Crippen LogP contribution in [0, 0.1) is 0 Å². The smallest absolute Gasteiger partial charge is 1.00 e. The van der Waals surface area contributed by atoms with E-state index in [0.717, 1.165) is 25.0 Å². The molecule has 3 rings (SSSR count). The van der Waals surface area contributed by atoms with Gasteiger partial charge in [0.15, 0.2) is 5.78 Å². The Morgan fingerprint density at radius 2 is 1.58 bits per heavy atom. The predicted octanol–water partition coefficient (Wildman–Crippen LogP) is 3.83. The summed E-state index contributed by atoms with van der Waals surface area (Å²) in [5.74, 6) is 0.810. The van der Waals surface area contributed by atoms with Crippen LogP contribution in [-0.4, -0.2) is 40.9 Å². The Morgan fingerprint density at radius 1 is 0.921 bits per heavy atom. The number of carboxylic acid groups (broad SMARTS) is 1. The van der Waals surface area contributed by atoms with Crippen molar-refractivity contribution in [1.82, 2.24) is 0 Å². The topological polar surface area (TPSA) is 93.1 Å². The van der Waals surface area contributed by atoms with E-state index in [1.165, 1.54) is 24.1 Å². The van der Waals surface area contributed by atoms with E-state index in [4.69, 9.17) is 14.6 Å². The van der Waals surface area contributed by atoms with Crippen LogP contribution in [-0.2, 0) is 11.2 Å². The number of hydrogen-bond acceptors (Lipinski definition) is 6. The number of phenolic OH excluding ortho intramolecular Hbond substituents is 1. The van der Waals surface area contributed by atoms with Crippen molar-refractivity contribution in [2.75, 3.05) is 19.0 Å². The van der Waals surface area contributed by atoms with Gasteiger partial charge in [0.2, 0.25) is 0 Å². The second-order valence-corrected chi connectivity index (χ2v) is 10.0. The molecule has 3 aromatic carbocycles. The standard InChI is InChI=1S/C30H34O6S.Na.H/c1-22(31)27-16-15-26(21-28(27)32)36-19-6-18-35-25-13-11-24(12-14-25)29(37-20-17-30(33)34)10-5-9-23-7-3-2-4-8-23;;/h2-4,7-8,11-16,21,29,32H,5-6,9-10,17-20H2,1H3,(H,33,34);;/q;+1;-1. The summed E-state index contributed by atoms with van der Waals surface area (Å²) in [5, 5.41) is 19.2. The van der Waals surface area contributed by atoms with Gasteiger partial charge in [-0.15, -0.1) is 0 Å². The van der Waals surface area contributed by atoms with E-state index < -0.39 is 5.97 Å². The Hall–Kier alpha value is -2.45. The quantitative estimate of drug-likeness (QED) is 0.160. The first kappa shape index (κ1) is 31.8. The van der Waals surface area contributed by atoms with Gasteiger partial charge >= 0.3 is 35.5 Å². The maximum atomic E-state index is 11.4. The first-order valence-electron chi connectivity index (χ1n) is 12.5. The summed E-state index contributed by atoms with van der Waals surface area (Å²) in [6, 6.07) is 23.1. The number of carbonyl (C=O) groups is 2. The van der Waals surface area contributed by atoms with Gasteiger partial charge in [-0.05, 0) is 61.6 Å². The fourth-order valence-corrected chi connectivity index (χ4v) is 5.15. The molecule has 0 bridgehead atoms. The summed E-state index contributed by atoms with van der Waals surface area (Å²) in [6.07, 6.45) is 3.82. The zero-order valence-electron chi connectivity index (χ0n) is 23.1. The SMILES string of the molecule is CC(=O)c1ccc(OCCCOc2ccc(C(CCCc3ccccc3)SCCC(=O)O)cc2)cc1O.[H-].[Na+]. The fraction of sp³-hybridized carbons (Fsp3) is 0.333. The molecule has 0 aliphatic rings. The summed E-state index contributed by atoms with van der Waals surface area (Å²) >= 11 is 1.70. The summed E-state index contributed by atoms with van der Waals surface area (Å²) in [5.41, 5.74) is 2.76. The van der Waals surface area contributed by atoms with Crippen molar-refractivity contribution in [3.63, 3.8) is 0 Å². The summed E-state index contributed by atoms with van der Waals surface area (Å²) in [6.45, 7) is 2.30. The van der Waals surface area contributed by atoms with Gasteiger partial charge in [-0.25, -0.2) is 0 Å². The van der Waals surface area contributed by atoms with Crippen LogP contribution >= 0.6 is 11.8 Å². The molecule has 0 amide bonds. The molecule has 0 fully saturated rings. The van der Waals surface area contributed by atoms with Crippen molar-refractivity contribution in [2.24, 2.45) is 0 Å². The number of thioether (sulfide) groups is 1. The zero-order valence-corrected chi connectivity index (χ0v) is 24.9. The van der Waals surface area contributed by atoms with Crippen LogP contribution in [0.3, 0.4) is 0 Å². The van der Waals surface area contributed by atoms with Crippen molar-refractivity contribution < 1.29 is 60.3 Å². The molecule has 2 N–H and O–H groups in total. The molecule has 0 heterocycles. The summed E-state index contributed by atoms with van der Waals surface area (Å²) in [7, 11) is 0. The largest absolute Gasteiger partial charge is 1.00 e. The van der Waals surface area contributed by atoms with E-state index in [-0.39, 0.29) is 59.8 Å². The van der Waals surface area contributed by atoms with Gasteiger partial charge in [0.05, 0.1) is 25.2 Å². The number of ether oxygens (including phenoxy) is 2. The number of aryl methyl sites for hydroxylation is 1. The van der Waals surface area contributed by atoms with Crippen LogP contribution in [0.4, 0.5) is 0 Å². The maximum absolute atomic E-state index is 11.4. The van der Waals surface area contributed by atoms with E-state index in [1.54, 1.807) is 23.9 Å². The molecule has 198 valence electrons. The molecule has 0 aliphatic carbocycles. The second-order valence-electron chi connectivity index (χ2n) is 8.74. The van der Waals surface area contributed by atoms with Gasteiger partial charge in [0.25, 0.3) is 0 Å². The minimum Gasteiger partial charge on any atom is -1.00 e. The monoisotopic (exact) mass is 546 g/mol. The van der Waals surface area contributed by atoms with Crippen molar-refractivity contribution in [1.29, 1.82) is 0 Å². The third-order valence-electron chi connectivity index (χ3n) is 5.84. The number of phenols is 1. The van der Waals surface area contributed by atoms with Crippen molar-refractivity contribution in [3.05, 3.63) is 89.5 Å². The van der Waals surface area contributed by atoms with Crippen LogP contribution in [0.2, 0.25) is 0 Å². The first-order valence-corrected chi connectivity index (χ1v) is 13.5. The average molecular weight is 547 g/mol. The van der Waals surface area contributed by atoms with E-state index in [0.29, 0.717) is 31.1 Å². The number of Topliss-reactive ketones (excluding diaryl/α,β-unsaturated/α-hetero) is 1. The number of hydrogen-bond donors (Lipinski definition) is 2. The maximum Gasteiger partial charge on any atom is 1.00 e. The normalized spacial score (nSPS) is 11.3. The number of ketones is 1. The molecular weight excluding hydrogens is 511 g/mol. The molecule has 38 heavy (non-hydrogen) atoms. The number of aliphatic carboxylic acids is 1. The fourth-order valence-electron chi connectivity index (χ4n) is 3.89. The molecule has 0 radical (unpaired) electrons. The Bertz CT molecular complexity index is 1140. The Morgan fingerprint density at radius 3 is 2.21 bits per heavy atom. The van der Waals surface area contributed by atoms with Crippen LogP contribution < -0.4 is 39.0 Å². The zero-order chi connectivity index (χ0) is 26.5. The number of carboxylic acids is 1. The molecule has 6 nitrogen and oxygen atoms in total. The second kappa shape index (κ2) is 17.2. The van der Waals surface area contributed by atoms with Crippen molar-refractivity contribution in [2.45, 2.75) is 44.3 Å². The van der Waals surface area contributed by atoms with Crippen LogP contribution in [0.25, 0.3) is 0 Å². The van der Waals surface area contributed by atoms with Gasteiger partial charge in [-0.3, -0.25) is 9.59 Å². The molecule has 0 aromatic heterocycles. The molecule has 0 spiro atoms. The molecule has 3 aromatic rings. The summed E-state index contributed by atoms with van der Waals surface area (Å²) < 4.78 is 11.5. The van der Waals surface area contributed by atoms with Gasteiger partial charge in [-0.2, -0.15) is 11.8 Å². The third-order valence-corrected chi connectivity index (χ3v) is 7.19. The first-order chi connectivity index (χ1) is 17.9. The van der Waals surface area contributed by atoms with E-state index in [9.17, 15) is 14.7 Å². The Balaban J connectivity index is 0.00000380. The van der Waals surface area contributed by atoms with Crippen molar-refractivity contribution >= 4 is 23.5 Å². The molecule has 0 saturated heterocycles. The minimum atomic E-state index is -0.770.